The molecule has 0 saturated heterocycles. The van der Waals surface area contributed by atoms with Crippen LogP contribution in [0.2, 0.25) is 0 Å². The first-order valence-electron chi connectivity index (χ1n) is 11.3. The van der Waals surface area contributed by atoms with Crippen LogP contribution >= 0.6 is 0 Å². The van der Waals surface area contributed by atoms with E-state index in [4.69, 9.17) is 20.3 Å². The van der Waals surface area contributed by atoms with E-state index in [9.17, 15) is 15.3 Å². The van der Waals surface area contributed by atoms with E-state index in [1.54, 1.807) is 36.4 Å². The molecular formula is C28H23N5O4. The van der Waals surface area contributed by atoms with Gasteiger partial charge in [-0.1, -0.05) is 42.5 Å². The third-order valence-corrected chi connectivity index (χ3v) is 5.80. The minimum absolute atomic E-state index is 0.136. The summed E-state index contributed by atoms with van der Waals surface area (Å²) in [6.07, 6.45) is 0.837. The minimum atomic E-state index is -1.01. The van der Waals surface area contributed by atoms with Crippen molar-refractivity contribution in [2.75, 3.05) is 12.1 Å². The first-order chi connectivity index (χ1) is 18.0. The van der Waals surface area contributed by atoms with Gasteiger partial charge in [0.15, 0.2) is 11.5 Å². The molecule has 2 atom stereocenters. The molecule has 0 fully saturated rings. The Morgan fingerprint density at radius 2 is 1.84 bits per heavy atom. The van der Waals surface area contributed by atoms with Crippen molar-refractivity contribution in [1.82, 2.24) is 0 Å². The van der Waals surface area contributed by atoms with Gasteiger partial charge in [0.05, 0.1) is 35.7 Å². The van der Waals surface area contributed by atoms with Crippen molar-refractivity contribution in [3.63, 3.8) is 0 Å². The van der Waals surface area contributed by atoms with E-state index in [-0.39, 0.29) is 23.5 Å². The molecule has 37 heavy (non-hydrogen) atoms. The van der Waals surface area contributed by atoms with Crippen molar-refractivity contribution in [3.05, 3.63) is 95.1 Å². The number of nitrogens with zero attached hydrogens (tertiary/aromatic N) is 4. The Hall–Kier alpha value is -5.12. The number of para-hydroxylation sites is 2. The molecule has 0 unspecified atom stereocenters. The van der Waals surface area contributed by atoms with Gasteiger partial charge in [0.1, 0.15) is 24.8 Å². The van der Waals surface area contributed by atoms with Crippen LogP contribution in [0.3, 0.4) is 0 Å². The minimum Gasteiger partial charge on any atom is -0.493 e. The zero-order valence-corrected chi connectivity index (χ0v) is 19.9. The lowest BCUT2D eigenvalue weighted by molar-refractivity contribution is 0.0697. The van der Waals surface area contributed by atoms with Crippen molar-refractivity contribution in [2.45, 2.75) is 12.8 Å². The van der Waals surface area contributed by atoms with Gasteiger partial charge in [0.2, 0.25) is 0 Å². The molecule has 0 spiro atoms. The van der Waals surface area contributed by atoms with E-state index >= 15 is 0 Å². The number of nitriles is 2. The molecule has 0 aliphatic carbocycles. The second-order valence-corrected chi connectivity index (χ2v) is 8.10. The molecular weight excluding hydrogens is 470 g/mol. The lowest BCUT2D eigenvalue weighted by Crippen LogP contribution is -2.40. The third-order valence-electron chi connectivity index (χ3n) is 5.80. The summed E-state index contributed by atoms with van der Waals surface area (Å²) in [6, 6.07) is 25.1. The van der Waals surface area contributed by atoms with Crippen molar-refractivity contribution in [1.29, 1.82) is 10.5 Å². The summed E-state index contributed by atoms with van der Waals surface area (Å²) in [5.74, 6) is -1.00. The van der Waals surface area contributed by atoms with Gasteiger partial charge in [0, 0.05) is 5.56 Å². The number of carboxylic acid groups (broad SMARTS) is 1. The van der Waals surface area contributed by atoms with Crippen LogP contribution in [-0.4, -0.2) is 30.1 Å². The van der Waals surface area contributed by atoms with Crippen LogP contribution in [0, 0.1) is 28.6 Å². The standard InChI is InChI=1S/C28H23N5O4/c1-36-24-9-5-6-20(26(24)37-17-18-10-12-19(13-11-18)28(34)35)14-21(15-29)25-23(16-30)27(31)33(32-25)22-7-3-2-4-8-22/h2-14,23,27H,17,31H2,1H3,(H,34,35)/b21-14-/t23-,27+/m0/s1. The average molecular weight is 494 g/mol. The van der Waals surface area contributed by atoms with Crippen LogP contribution in [0.1, 0.15) is 21.5 Å². The van der Waals surface area contributed by atoms with Gasteiger partial charge in [-0.25, -0.2) is 9.80 Å². The molecule has 0 amide bonds. The second-order valence-electron chi connectivity index (χ2n) is 8.10. The zero-order valence-electron chi connectivity index (χ0n) is 19.9. The van der Waals surface area contributed by atoms with Crippen LogP contribution in [0.5, 0.6) is 11.5 Å². The number of ether oxygens (including phenoxy) is 2. The molecule has 3 N–H and O–H groups in total. The summed E-state index contributed by atoms with van der Waals surface area (Å²) >= 11 is 0. The van der Waals surface area contributed by atoms with Crippen LogP contribution < -0.4 is 20.2 Å². The maximum atomic E-state index is 11.1. The normalized spacial score (nSPS) is 16.9. The van der Waals surface area contributed by atoms with Crippen molar-refractivity contribution < 1.29 is 19.4 Å². The number of rotatable bonds is 8. The molecule has 3 aromatic carbocycles. The molecule has 1 aliphatic heterocycles. The summed E-state index contributed by atoms with van der Waals surface area (Å²) in [5, 5.41) is 35.0. The predicted octanol–water partition coefficient (Wildman–Crippen LogP) is 4.18. The van der Waals surface area contributed by atoms with Crippen LogP contribution in [0.15, 0.2) is 83.5 Å². The number of anilines is 1. The quantitative estimate of drug-likeness (QED) is 0.445. The van der Waals surface area contributed by atoms with E-state index in [1.165, 1.54) is 24.3 Å². The Labute approximate surface area is 213 Å². The molecule has 1 aliphatic rings. The van der Waals surface area contributed by atoms with E-state index in [2.05, 4.69) is 17.2 Å². The fraction of sp³-hybridized carbons (Fsp3) is 0.143. The number of nitrogens with two attached hydrogens (primary N) is 1. The molecule has 0 bridgehead atoms. The summed E-state index contributed by atoms with van der Waals surface area (Å²) in [7, 11) is 1.51. The van der Waals surface area contributed by atoms with Crippen molar-refractivity contribution in [3.8, 4) is 23.6 Å². The number of hydrogen-bond donors (Lipinski definition) is 2. The van der Waals surface area contributed by atoms with Gasteiger partial charge >= 0.3 is 5.97 Å². The summed E-state index contributed by atoms with van der Waals surface area (Å²) in [6.45, 7) is 0.136. The van der Waals surface area contributed by atoms with E-state index < -0.39 is 18.1 Å². The second kappa shape index (κ2) is 11.1. The number of hydrogen-bond acceptors (Lipinski definition) is 8. The van der Waals surface area contributed by atoms with Crippen LogP contribution in [-0.2, 0) is 6.61 Å². The molecule has 0 aromatic heterocycles. The van der Waals surface area contributed by atoms with Crippen LogP contribution in [0.25, 0.3) is 6.08 Å². The smallest absolute Gasteiger partial charge is 0.335 e. The molecule has 1 heterocycles. The maximum absolute atomic E-state index is 11.1. The first kappa shape index (κ1) is 25.0. The topological polar surface area (TPSA) is 145 Å². The molecule has 4 rings (SSSR count). The monoisotopic (exact) mass is 493 g/mol. The Morgan fingerprint density at radius 3 is 2.46 bits per heavy atom. The number of allylic oxidation sites excluding steroid dienone is 1. The summed E-state index contributed by atoms with van der Waals surface area (Å²) < 4.78 is 11.5. The highest BCUT2D eigenvalue weighted by atomic mass is 16.5. The Bertz CT molecular complexity index is 1440. The Morgan fingerprint density at radius 1 is 1.11 bits per heavy atom. The molecule has 0 saturated carbocycles. The van der Waals surface area contributed by atoms with Gasteiger partial charge in [-0.15, -0.1) is 0 Å². The van der Waals surface area contributed by atoms with E-state index in [0.717, 1.165) is 5.56 Å². The number of hydrazone groups is 1. The fourth-order valence-corrected chi connectivity index (χ4v) is 3.90. The van der Waals surface area contributed by atoms with E-state index in [0.29, 0.717) is 22.7 Å². The highest BCUT2D eigenvalue weighted by molar-refractivity contribution is 6.12. The Balaban J connectivity index is 1.68. The summed E-state index contributed by atoms with van der Waals surface area (Å²) in [4.78, 5) is 11.1. The fourth-order valence-electron chi connectivity index (χ4n) is 3.90. The van der Waals surface area contributed by atoms with Gasteiger partial charge < -0.3 is 20.3 Å². The number of methoxy groups -OCH3 is 1. The molecule has 0 radical (unpaired) electrons. The third kappa shape index (κ3) is 5.27. The molecule has 9 nitrogen and oxygen atoms in total. The highest BCUT2D eigenvalue weighted by Crippen LogP contribution is 2.35. The van der Waals surface area contributed by atoms with Gasteiger partial charge in [0.25, 0.3) is 0 Å². The number of carbonyl (C=O) groups is 1. The molecule has 184 valence electrons. The van der Waals surface area contributed by atoms with Crippen molar-refractivity contribution >= 4 is 23.4 Å². The van der Waals surface area contributed by atoms with E-state index in [1.807, 2.05) is 30.3 Å². The average Bonchev–Trinajstić information content (AvgIpc) is 3.27. The van der Waals surface area contributed by atoms with Gasteiger partial charge in [-0.3, -0.25) is 0 Å². The SMILES string of the molecule is COc1cccc(/C=C(/C#N)C2=NN(c3ccccc3)[C@@H](N)[C@H]2C#N)c1OCc1ccc(C(=O)O)cc1. The predicted molar refractivity (Wildman–Crippen MR) is 138 cm³/mol. The Kier molecular flexibility index (Phi) is 7.48. The zero-order chi connectivity index (χ0) is 26.4. The maximum Gasteiger partial charge on any atom is 0.335 e. The van der Waals surface area contributed by atoms with Gasteiger partial charge in [-0.05, 0) is 42.0 Å². The van der Waals surface area contributed by atoms with Gasteiger partial charge in [-0.2, -0.15) is 15.6 Å². The molecule has 9 heteroatoms. The first-order valence-corrected chi connectivity index (χ1v) is 11.3. The number of benzene rings is 3. The number of aromatic carboxylic acids is 1. The summed E-state index contributed by atoms with van der Waals surface area (Å²) in [5.41, 5.74) is 8.95. The van der Waals surface area contributed by atoms with Crippen LogP contribution in [0.4, 0.5) is 5.69 Å². The highest BCUT2D eigenvalue weighted by Gasteiger charge is 2.37. The largest absolute Gasteiger partial charge is 0.493 e. The number of carboxylic acids is 1. The molecule has 3 aromatic rings. The van der Waals surface area contributed by atoms with Crippen molar-refractivity contribution in [2.24, 2.45) is 16.8 Å². The lowest BCUT2D eigenvalue weighted by atomic mass is 9.95. The lowest BCUT2D eigenvalue weighted by Gasteiger charge is -2.21.